The smallest absolute Gasteiger partial charge is 0.244 e. The molecule has 45 heavy (non-hydrogen) atoms. The molecule has 0 spiro atoms. The van der Waals surface area contributed by atoms with E-state index in [1.54, 1.807) is 39.5 Å². The summed E-state index contributed by atoms with van der Waals surface area (Å²) < 4.78 is 18.5. The van der Waals surface area contributed by atoms with Crippen LogP contribution in [0.1, 0.15) is 11.3 Å². The first-order valence-electron chi connectivity index (χ1n) is 14.6. The van der Waals surface area contributed by atoms with Crippen molar-refractivity contribution in [3.63, 3.8) is 0 Å². The lowest BCUT2D eigenvalue weighted by atomic mass is 10.00. The molecule has 0 atom stereocenters. The van der Waals surface area contributed by atoms with Crippen LogP contribution in [0.2, 0.25) is 0 Å². The Kier molecular flexibility index (Phi) is 7.27. The number of para-hydroxylation sites is 1. The zero-order valence-electron chi connectivity index (χ0n) is 25.2. The van der Waals surface area contributed by atoms with E-state index in [9.17, 15) is 4.79 Å². The van der Waals surface area contributed by atoms with Crippen LogP contribution in [0, 0.1) is 0 Å². The summed E-state index contributed by atoms with van der Waals surface area (Å²) in [7, 11) is 4.67. The third-order valence-electron chi connectivity index (χ3n) is 8.16. The number of aromatic nitrogens is 2. The highest BCUT2D eigenvalue weighted by molar-refractivity contribution is 6.15. The average Bonchev–Trinajstić information content (AvgIpc) is 3.42. The molecule has 0 aliphatic rings. The fourth-order valence-corrected chi connectivity index (χ4v) is 6.09. The van der Waals surface area contributed by atoms with Crippen molar-refractivity contribution < 1.29 is 19.0 Å². The van der Waals surface area contributed by atoms with E-state index in [1.165, 1.54) is 27.6 Å². The van der Waals surface area contributed by atoms with Crippen molar-refractivity contribution in [1.82, 2.24) is 14.9 Å². The zero-order valence-corrected chi connectivity index (χ0v) is 25.2. The van der Waals surface area contributed by atoms with Gasteiger partial charge in [-0.15, -0.1) is 0 Å². The first-order chi connectivity index (χ1) is 22.1. The number of carbonyl (C=O) groups is 1. The summed E-state index contributed by atoms with van der Waals surface area (Å²) in [4.78, 5) is 17.6. The van der Waals surface area contributed by atoms with E-state index in [4.69, 9.17) is 19.2 Å². The first-order valence-corrected chi connectivity index (χ1v) is 14.6. The molecule has 0 aliphatic heterocycles. The van der Waals surface area contributed by atoms with Crippen molar-refractivity contribution in [2.75, 3.05) is 21.3 Å². The number of hydrogen-bond donors (Lipinski definition) is 1. The molecule has 2 aromatic heterocycles. The minimum atomic E-state index is -0.240. The van der Waals surface area contributed by atoms with Crippen LogP contribution in [0.3, 0.4) is 0 Å². The number of carbonyl (C=O) groups excluding carboxylic acids is 1. The molecule has 7 rings (SSSR count). The molecule has 0 radical (unpaired) electrons. The molecule has 0 aliphatic carbocycles. The summed E-state index contributed by atoms with van der Waals surface area (Å²) in [5.74, 6) is 1.30. The van der Waals surface area contributed by atoms with Gasteiger partial charge in [-0.05, 0) is 58.1 Å². The molecule has 7 heteroatoms. The lowest BCUT2D eigenvalue weighted by Gasteiger charge is -2.14. The van der Waals surface area contributed by atoms with E-state index in [1.807, 2.05) is 6.20 Å². The third-order valence-corrected chi connectivity index (χ3v) is 8.16. The SMILES string of the molecule is COc1cc(/C=C/C(=O)NCc2cc3c4ccccc4n(-c4cc5ccccc5c5ccccc45)c3cn2)cc(OC)c1OC. The summed E-state index contributed by atoms with van der Waals surface area (Å²) in [6, 6.07) is 33.4. The number of hydrogen-bond acceptors (Lipinski definition) is 5. The summed E-state index contributed by atoms with van der Waals surface area (Å²) in [5.41, 5.74) is 4.73. The second kappa shape index (κ2) is 11.7. The molecular formula is C38H31N3O4. The summed E-state index contributed by atoms with van der Waals surface area (Å²) in [6.07, 6.45) is 5.10. The number of amides is 1. The van der Waals surface area contributed by atoms with Gasteiger partial charge in [0, 0.05) is 22.2 Å². The summed E-state index contributed by atoms with van der Waals surface area (Å²) >= 11 is 0. The van der Waals surface area contributed by atoms with E-state index in [-0.39, 0.29) is 12.5 Å². The fraction of sp³-hybridized carbons (Fsp3) is 0.105. The van der Waals surface area contributed by atoms with E-state index >= 15 is 0 Å². The number of fused-ring (bicyclic) bond motifs is 6. The topological polar surface area (TPSA) is 74.6 Å². The highest BCUT2D eigenvalue weighted by Gasteiger charge is 2.17. The second-order valence-electron chi connectivity index (χ2n) is 10.7. The molecule has 5 aromatic carbocycles. The van der Waals surface area contributed by atoms with Crippen molar-refractivity contribution >= 4 is 55.3 Å². The Morgan fingerprint density at radius 1 is 0.733 bits per heavy atom. The lowest BCUT2D eigenvalue weighted by Crippen LogP contribution is -2.20. The summed E-state index contributed by atoms with van der Waals surface area (Å²) in [5, 5.41) is 9.97. The van der Waals surface area contributed by atoms with E-state index in [0.29, 0.717) is 17.2 Å². The lowest BCUT2D eigenvalue weighted by molar-refractivity contribution is -0.116. The number of rotatable bonds is 8. The van der Waals surface area contributed by atoms with Gasteiger partial charge in [0.1, 0.15) is 0 Å². The van der Waals surface area contributed by atoms with Gasteiger partial charge in [-0.3, -0.25) is 9.78 Å². The molecule has 0 bridgehead atoms. The number of pyridine rings is 1. The molecule has 0 fully saturated rings. The molecule has 222 valence electrons. The van der Waals surface area contributed by atoms with Crippen LogP contribution < -0.4 is 19.5 Å². The van der Waals surface area contributed by atoms with Crippen molar-refractivity contribution in [2.45, 2.75) is 6.54 Å². The van der Waals surface area contributed by atoms with Gasteiger partial charge in [0.25, 0.3) is 0 Å². The maximum atomic E-state index is 12.8. The standard InChI is InChI=1S/C38H31N3O4/c1-43-35-18-24(19-36(44-2)38(35)45-3)16-17-37(42)40-22-26-21-31-30-14-8-9-15-32(30)41(34(31)23-39-26)33-20-25-10-4-5-11-27(25)28-12-6-7-13-29(28)33/h4-21,23H,22H2,1-3H3,(H,40,42)/b17-16+. The van der Waals surface area contributed by atoms with Gasteiger partial charge in [-0.2, -0.15) is 0 Å². The number of ether oxygens (including phenoxy) is 3. The highest BCUT2D eigenvalue weighted by Crippen LogP contribution is 2.39. The molecule has 7 nitrogen and oxygen atoms in total. The minimum Gasteiger partial charge on any atom is -0.493 e. The number of nitrogens with zero attached hydrogens (tertiary/aromatic N) is 2. The Bertz CT molecular complexity index is 2240. The highest BCUT2D eigenvalue weighted by atomic mass is 16.5. The van der Waals surface area contributed by atoms with Gasteiger partial charge < -0.3 is 24.1 Å². The third kappa shape index (κ3) is 4.98. The van der Waals surface area contributed by atoms with Crippen LogP contribution in [0.15, 0.2) is 109 Å². The van der Waals surface area contributed by atoms with Gasteiger partial charge >= 0.3 is 0 Å². The molecule has 7 aromatic rings. The van der Waals surface area contributed by atoms with Crippen LogP contribution in [0.5, 0.6) is 17.2 Å². The van der Waals surface area contributed by atoms with Crippen molar-refractivity contribution in [3.8, 4) is 22.9 Å². The van der Waals surface area contributed by atoms with E-state index in [2.05, 4.69) is 94.8 Å². The largest absolute Gasteiger partial charge is 0.493 e. The Balaban J connectivity index is 1.22. The van der Waals surface area contributed by atoms with Crippen molar-refractivity contribution in [3.05, 3.63) is 121 Å². The predicted octanol–water partition coefficient (Wildman–Crippen LogP) is 7.84. The van der Waals surface area contributed by atoms with Gasteiger partial charge in [0.15, 0.2) is 11.5 Å². The first kappa shape index (κ1) is 28.0. The van der Waals surface area contributed by atoms with Gasteiger partial charge in [-0.25, -0.2) is 0 Å². The van der Waals surface area contributed by atoms with Crippen molar-refractivity contribution in [1.29, 1.82) is 0 Å². The van der Waals surface area contributed by atoms with Crippen LogP contribution in [-0.4, -0.2) is 36.8 Å². The Morgan fingerprint density at radius 3 is 2.13 bits per heavy atom. The van der Waals surface area contributed by atoms with Gasteiger partial charge in [0.05, 0.1) is 56.5 Å². The van der Waals surface area contributed by atoms with Crippen LogP contribution >= 0.6 is 0 Å². The fourth-order valence-electron chi connectivity index (χ4n) is 6.09. The number of methoxy groups -OCH3 is 3. The van der Waals surface area contributed by atoms with Crippen LogP contribution in [0.25, 0.3) is 55.1 Å². The number of benzene rings is 5. The Morgan fingerprint density at radius 2 is 1.40 bits per heavy atom. The second-order valence-corrected chi connectivity index (χ2v) is 10.7. The zero-order chi connectivity index (χ0) is 30.9. The minimum absolute atomic E-state index is 0.240. The molecule has 0 saturated heterocycles. The van der Waals surface area contributed by atoms with Gasteiger partial charge in [-0.1, -0.05) is 66.7 Å². The quantitative estimate of drug-likeness (QED) is 0.144. The molecule has 0 unspecified atom stereocenters. The Hall–Kier alpha value is -5.82. The molecule has 1 amide bonds. The Labute approximate surface area is 260 Å². The normalized spacial score (nSPS) is 11.5. The maximum absolute atomic E-state index is 12.8. The monoisotopic (exact) mass is 593 g/mol. The average molecular weight is 594 g/mol. The van der Waals surface area contributed by atoms with E-state index in [0.717, 1.165) is 38.8 Å². The van der Waals surface area contributed by atoms with E-state index < -0.39 is 0 Å². The molecule has 0 saturated carbocycles. The van der Waals surface area contributed by atoms with Gasteiger partial charge in [0.2, 0.25) is 11.7 Å². The van der Waals surface area contributed by atoms with Crippen molar-refractivity contribution in [2.24, 2.45) is 0 Å². The molecule has 1 N–H and O–H groups in total. The van der Waals surface area contributed by atoms with Crippen LogP contribution in [-0.2, 0) is 11.3 Å². The maximum Gasteiger partial charge on any atom is 0.244 e. The molecular weight excluding hydrogens is 562 g/mol. The molecule has 2 heterocycles. The number of nitrogens with one attached hydrogen (secondary N) is 1. The predicted molar refractivity (Wildman–Crippen MR) is 181 cm³/mol. The van der Waals surface area contributed by atoms with Crippen LogP contribution in [0.4, 0.5) is 0 Å². The summed E-state index contributed by atoms with van der Waals surface area (Å²) in [6.45, 7) is 0.285.